The molecule has 0 radical (unpaired) electrons. The van der Waals surface area contributed by atoms with Gasteiger partial charge in [-0.25, -0.2) is 9.78 Å². The molecule has 1 aromatic heterocycles. The second kappa shape index (κ2) is 21.4. The van der Waals surface area contributed by atoms with Crippen molar-refractivity contribution in [2.45, 2.75) is 129 Å². The molecule has 17 nitrogen and oxygen atoms in total. The summed E-state index contributed by atoms with van der Waals surface area (Å²) < 4.78 is 0. The summed E-state index contributed by atoms with van der Waals surface area (Å²) in [6.07, 6.45) is 8.47. The lowest BCUT2D eigenvalue weighted by Crippen LogP contribution is -2.60. The van der Waals surface area contributed by atoms with Gasteiger partial charge in [0.05, 0.1) is 18.7 Å². The van der Waals surface area contributed by atoms with Crippen molar-refractivity contribution >= 4 is 47.3 Å². The number of rotatable bonds is 21. The molecule has 52 heavy (non-hydrogen) atoms. The summed E-state index contributed by atoms with van der Waals surface area (Å²) in [4.78, 5) is 110. The Hall–Kier alpha value is -4.96. The zero-order valence-corrected chi connectivity index (χ0v) is 30.5. The van der Waals surface area contributed by atoms with Crippen LogP contribution < -0.4 is 26.6 Å². The lowest BCUT2D eigenvalue weighted by molar-refractivity contribution is -0.149. The standard InChI is InChI=1S/C35H53N7O10/c1-6-20(5)28(42-31(47)23(15-19(3)4)39-32(48)26-18-36-13-14-37-26)33(49)40-24(16-21-11-9-8-10-12-21)30(46)38-22(7-2)29(45)34(50)41-25(35(51)52)17-27(43)44/h13-14,18-25,28H,6-12,15-17H2,1-5H3,(H,38,46)(H,39,48)(H,40,49)(H,41,50)(H,42,47)(H,43,44)(H,51,52)/t20?,22?,23-,24-,25?,28-/m0/s1. The topological polar surface area (TPSA) is 263 Å². The fourth-order valence-corrected chi connectivity index (χ4v) is 5.94. The highest BCUT2D eigenvalue weighted by atomic mass is 16.4. The Morgan fingerprint density at radius 1 is 0.750 bits per heavy atom. The number of nitrogens with zero attached hydrogens (tertiary/aromatic N) is 2. The van der Waals surface area contributed by atoms with Gasteiger partial charge in [0.25, 0.3) is 11.8 Å². The first kappa shape index (κ1) is 43.2. The van der Waals surface area contributed by atoms with Gasteiger partial charge < -0.3 is 36.8 Å². The number of carbonyl (C=O) groups excluding carboxylic acids is 6. The number of hydrogen-bond donors (Lipinski definition) is 7. The third-order valence-electron chi connectivity index (χ3n) is 9.09. The average molecular weight is 732 g/mol. The highest BCUT2D eigenvalue weighted by Gasteiger charge is 2.36. The molecule has 1 aromatic rings. The molecule has 1 heterocycles. The zero-order chi connectivity index (χ0) is 39.0. The van der Waals surface area contributed by atoms with E-state index in [1.807, 2.05) is 26.1 Å². The van der Waals surface area contributed by atoms with Crippen molar-refractivity contribution < 1.29 is 48.6 Å². The molecule has 0 saturated heterocycles. The maximum Gasteiger partial charge on any atom is 0.326 e. The van der Waals surface area contributed by atoms with E-state index >= 15 is 0 Å². The molecule has 0 aromatic carbocycles. The first-order valence-corrected chi connectivity index (χ1v) is 17.8. The van der Waals surface area contributed by atoms with E-state index in [9.17, 15) is 43.5 Å². The van der Waals surface area contributed by atoms with Crippen molar-refractivity contribution in [1.82, 2.24) is 36.6 Å². The summed E-state index contributed by atoms with van der Waals surface area (Å²) in [6, 6.07) is -6.57. The molecule has 7 N–H and O–H groups in total. The van der Waals surface area contributed by atoms with Crippen LogP contribution >= 0.6 is 0 Å². The maximum atomic E-state index is 13.9. The van der Waals surface area contributed by atoms with E-state index in [1.54, 1.807) is 6.92 Å². The van der Waals surface area contributed by atoms with Gasteiger partial charge in [-0.15, -0.1) is 0 Å². The lowest BCUT2D eigenvalue weighted by Gasteiger charge is -2.31. The number of nitrogens with one attached hydrogen (secondary N) is 5. The van der Waals surface area contributed by atoms with Crippen LogP contribution in [0, 0.1) is 17.8 Å². The molecule has 6 atom stereocenters. The molecular formula is C35H53N7O10. The minimum Gasteiger partial charge on any atom is -0.481 e. The normalized spacial score (nSPS) is 16.6. The largest absolute Gasteiger partial charge is 0.481 e. The summed E-state index contributed by atoms with van der Waals surface area (Å²) in [5.74, 6) is -8.69. The average Bonchev–Trinajstić information content (AvgIpc) is 3.11. The van der Waals surface area contributed by atoms with E-state index in [-0.39, 0.29) is 36.8 Å². The van der Waals surface area contributed by atoms with Crippen LogP contribution in [-0.4, -0.2) is 97.6 Å². The number of amides is 5. The van der Waals surface area contributed by atoms with Gasteiger partial charge in [-0.3, -0.25) is 38.5 Å². The van der Waals surface area contributed by atoms with Crippen LogP contribution in [0.3, 0.4) is 0 Å². The van der Waals surface area contributed by atoms with Gasteiger partial charge in [0.2, 0.25) is 23.5 Å². The molecular weight excluding hydrogens is 678 g/mol. The predicted octanol–water partition coefficient (Wildman–Crippen LogP) is 1.12. The number of aromatic nitrogens is 2. The molecule has 2 rings (SSSR count). The first-order valence-electron chi connectivity index (χ1n) is 17.8. The Balaban J connectivity index is 2.29. The van der Waals surface area contributed by atoms with Gasteiger partial charge in [-0.2, -0.15) is 0 Å². The fourth-order valence-electron chi connectivity index (χ4n) is 5.94. The first-order chi connectivity index (χ1) is 24.6. The van der Waals surface area contributed by atoms with Crippen molar-refractivity contribution in [2.75, 3.05) is 0 Å². The molecule has 0 bridgehead atoms. The van der Waals surface area contributed by atoms with Crippen molar-refractivity contribution in [2.24, 2.45) is 17.8 Å². The number of ketones is 1. The molecule has 1 fully saturated rings. The smallest absolute Gasteiger partial charge is 0.326 e. The molecule has 288 valence electrons. The van der Waals surface area contributed by atoms with E-state index in [4.69, 9.17) is 5.11 Å². The van der Waals surface area contributed by atoms with Crippen LogP contribution in [-0.2, 0) is 33.6 Å². The molecule has 1 aliphatic rings. The third kappa shape index (κ3) is 14.0. The monoisotopic (exact) mass is 731 g/mol. The highest BCUT2D eigenvalue weighted by molar-refractivity contribution is 6.38. The molecule has 3 unspecified atom stereocenters. The van der Waals surface area contributed by atoms with Crippen molar-refractivity contribution in [1.29, 1.82) is 0 Å². The molecule has 0 aliphatic heterocycles. The fraction of sp³-hybridized carbons (Fsp3) is 0.657. The predicted molar refractivity (Wildman–Crippen MR) is 186 cm³/mol. The van der Waals surface area contributed by atoms with Gasteiger partial charge in [-0.1, -0.05) is 73.1 Å². The van der Waals surface area contributed by atoms with Crippen molar-refractivity contribution in [3.8, 4) is 0 Å². The third-order valence-corrected chi connectivity index (χ3v) is 9.09. The van der Waals surface area contributed by atoms with Crippen LogP contribution in [0.4, 0.5) is 0 Å². The van der Waals surface area contributed by atoms with Gasteiger partial charge in [0.1, 0.15) is 29.9 Å². The summed E-state index contributed by atoms with van der Waals surface area (Å²) in [5, 5.41) is 30.9. The number of aliphatic carboxylic acids is 2. The minimum atomic E-state index is -1.87. The van der Waals surface area contributed by atoms with Crippen LogP contribution in [0.15, 0.2) is 18.6 Å². The van der Waals surface area contributed by atoms with Gasteiger partial charge >= 0.3 is 11.9 Å². The number of carboxylic acid groups (broad SMARTS) is 2. The summed E-state index contributed by atoms with van der Waals surface area (Å²) in [7, 11) is 0. The van der Waals surface area contributed by atoms with Gasteiger partial charge in [-0.05, 0) is 37.0 Å². The minimum absolute atomic E-state index is 0.0131. The maximum absolute atomic E-state index is 13.9. The van der Waals surface area contributed by atoms with Crippen LogP contribution in [0.1, 0.15) is 109 Å². The quantitative estimate of drug-likeness (QED) is 0.0878. The van der Waals surface area contributed by atoms with Gasteiger partial charge in [0, 0.05) is 12.4 Å². The second-order valence-corrected chi connectivity index (χ2v) is 13.7. The SMILES string of the molecule is CCC(NC(=O)[C@H](CC1CCCCC1)NC(=O)[C@@H](NC(=O)[C@H](CC(C)C)NC(=O)c1cnccn1)C(C)CC)C(=O)C(=O)NC(CC(=O)O)C(=O)O. The molecule has 5 amide bonds. The molecule has 1 aliphatic carbocycles. The van der Waals surface area contributed by atoms with Gasteiger partial charge in [0.15, 0.2) is 0 Å². The number of carboxylic acids is 2. The van der Waals surface area contributed by atoms with Crippen LogP contribution in [0.5, 0.6) is 0 Å². The summed E-state index contributed by atoms with van der Waals surface area (Å²) in [5.41, 5.74) is 0.0140. The van der Waals surface area contributed by atoms with Crippen LogP contribution in [0.25, 0.3) is 0 Å². The number of carbonyl (C=O) groups is 8. The Kier molecular flexibility index (Phi) is 17.8. The van der Waals surface area contributed by atoms with E-state index in [0.29, 0.717) is 6.42 Å². The van der Waals surface area contributed by atoms with E-state index in [0.717, 1.165) is 32.1 Å². The lowest BCUT2D eigenvalue weighted by atomic mass is 9.84. The molecule has 17 heteroatoms. The number of hydrogen-bond acceptors (Lipinski definition) is 10. The Morgan fingerprint density at radius 3 is 1.92 bits per heavy atom. The Morgan fingerprint density at radius 2 is 1.38 bits per heavy atom. The highest BCUT2D eigenvalue weighted by Crippen LogP contribution is 2.27. The van der Waals surface area contributed by atoms with Crippen molar-refractivity contribution in [3.63, 3.8) is 0 Å². The Labute approximate surface area is 303 Å². The van der Waals surface area contributed by atoms with E-state index in [2.05, 4.69) is 31.2 Å². The second-order valence-electron chi connectivity index (χ2n) is 13.7. The molecule has 0 spiro atoms. The summed E-state index contributed by atoms with van der Waals surface area (Å²) >= 11 is 0. The van der Waals surface area contributed by atoms with Crippen molar-refractivity contribution in [3.05, 3.63) is 24.3 Å². The number of Topliss-reactive ketones (excluding diaryl/α,β-unsaturated/α-hetero) is 1. The Bertz CT molecular complexity index is 1420. The summed E-state index contributed by atoms with van der Waals surface area (Å²) in [6.45, 7) is 8.86. The van der Waals surface area contributed by atoms with E-state index in [1.165, 1.54) is 25.5 Å². The zero-order valence-electron chi connectivity index (χ0n) is 30.5. The molecule has 1 saturated carbocycles. The van der Waals surface area contributed by atoms with E-state index < -0.39 is 89.8 Å². The van der Waals surface area contributed by atoms with Crippen LogP contribution in [0.2, 0.25) is 0 Å².